The largest absolute Gasteiger partial charge is 0.497 e. The zero-order valence-corrected chi connectivity index (χ0v) is 20.7. The number of unbranched alkanes of at least 4 members (excludes halogenated alkanes) is 1. The van der Waals surface area contributed by atoms with E-state index in [0.717, 1.165) is 32.1 Å². The van der Waals surface area contributed by atoms with Gasteiger partial charge in [-0.3, -0.25) is 14.4 Å². The monoisotopic (exact) mass is 485 g/mol. The maximum absolute atomic E-state index is 13.7. The van der Waals surface area contributed by atoms with Crippen LogP contribution < -0.4 is 20.1 Å². The van der Waals surface area contributed by atoms with Gasteiger partial charge in [-0.2, -0.15) is 0 Å². The number of ether oxygens (including phenoxy) is 2. The number of nitrogens with one attached hydrogen (secondary N) is 2. The number of carbonyl (C=O) groups excluding carboxylic acids is 3. The Morgan fingerprint density at radius 1 is 1.14 bits per heavy atom. The van der Waals surface area contributed by atoms with E-state index in [2.05, 4.69) is 10.6 Å². The van der Waals surface area contributed by atoms with Crippen molar-refractivity contribution in [3.05, 3.63) is 47.9 Å². The van der Waals surface area contributed by atoms with Gasteiger partial charge in [0.2, 0.25) is 11.8 Å². The second kappa shape index (κ2) is 12.8. The zero-order valence-electron chi connectivity index (χ0n) is 20.7. The van der Waals surface area contributed by atoms with Gasteiger partial charge >= 0.3 is 0 Å². The highest BCUT2D eigenvalue weighted by atomic mass is 16.5. The van der Waals surface area contributed by atoms with E-state index in [-0.39, 0.29) is 30.2 Å². The number of furan rings is 1. The molecule has 1 atom stereocenters. The van der Waals surface area contributed by atoms with Gasteiger partial charge in [0, 0.05) is 24.2 Å². The van der Waals surface area contributed by atoms with Crippen LogP contribution in [0.1, 0.15) is 67.6 Å². The van der Waals surface area contributed by atoms with Gasteiger partial charge in [0.1, 0.15) is 17.5 Å². The molecular weight excluding hydrogens is 450 g/mol. The lowest BCUT2D eigenvalue weighted by Crippen LogP contribution is -2.49. The van der Waals surface area contributed by atoms with Gasteiger partial charge in [-0.15, -0.1) is 0 Å². The van der Waals surface area contributed by atoms with Crippen LogP contribution in [0.3, 0.4) is 0 Å². The van der Waals surface area contributed by atoms with Crippen LogP contribution >= 0.6 is 0 Å². The predicted molar refractivity (Wildman–Crippen MR) is 130 cm³/mol. The van der Waals surface area contributed by atoms with Crippen LogP contribution in [0, 0.1) is 0 Å². The molecule has 190 valence electrons. The molecule has 1 aliphatic rings. The van der Waals surface area contributed by atoms with Crippen LogP contribution in [0.25, 0.3) is 0 Å². The first-order chi connectivity index (χ1) is 17.0. The lowest BCUT2D eigenvalue weighted by Gasteiger charge is -2.33. The number of hydrogen-bond acceptors (Lipinski definition) is 6. The van der Waals surface area contributed by atoms with Crippen molar-refractivity contribution >= 4 is 17.7 Å². The molecule has 1 unspecified atom stereocenters. The number of amides is 3. The molecule has 0 bridgehead atoms. The summed E-state index contributed by atoms with van der Waals surface area (Å²) in [5, 5.41) is 5.73. The molecule has 2 N–H and O–H groups in total. The third kappa shape index (κ3) is 6.77. The Labute approximate surface area is 206 Å². The number of methoxy groups -OCH3 is 2. The maximum atomic E-state index is 13.7. The highest BCUT2D eigenvalue weighted by Crippen LogP contribution is 2.34. The van der Waals surface area contributed by atoms with Gasteiger partial charge in [-0.1, -0.05) is 26.2 Å². The van der Waals surface area contributed by atoms with Crippen molar-refractivity contribution in [2.24, 2.45) is 0 Å². The van der Waals surface area contributed by atoms with Crippen molar-refractivity contribution in [2.45, 2.75) is 57.5 Å². The lowest BCUT2D eigenvalue weighted by atomic mass is 10.0. The summed E-state index contributed by atoms with van der Waals surface area (Å²) < 4.78 is 16.0. The third-order valence-electron chi connectivity index (χ3n) is 6.21. The number of nitrogens with zero attached hydrogens (tertiary/aromatic N) is 1. The molecular formula is C26H35N3O6. The molecule has 0 saturated heterocycles. The smallest absolute Gasteiger partial charge is 0.287 e. The molecule has 1 aromatic heterocycles. The van der Waals surface area contributed by atoms with Crippen LogP contribution in [0.2, 0.25) is 0 Å². The number of hydrogen-bond donors (Lipinski definition) is 2. The van der Waals surface area contributed by atoms with Crippen LogP contribution in [0.4, 0.5) is 0 Å². The fourth-order valence-corrected chi connectivity index (χ4v) is 4.32. The summed E-state index contributed by atoms with van der Waals surface area (Å²) >= 11 is 0. The Morgan fingerprint density at radius 2 is 1.91 bits per heavy atom. The molecule has 1 heterocycles. The van der Waals surface area contributed by atoms with Crippen molar-refractivity contribution in [1.82, 2.24) is 15.5 Å². The highest BCUT2D eigenvalue weighted by molar-refractivity contribution is 5.95. The minimum atomic E-state index is -0.920. The van der Waals surface area contributed by atoms with E-state index in [1.165, 1.54) is 24.3 Å². The molecule has 1 aromatic carbocycles. The third-order valence-corrected chi connectivity index (χ3v) is 6.21. The summed E-state index contributed by atoms with van der Waals surface area (Å²) in [6, 6.07) is 7.48. The average molecular weight is 486 g/mol. The summed E-state index contributed by atoms with van der Waals surface area (Å²) in [6.07, 6.45) is 6.89. The molecule has 35 heavy (non-hydrogen) atoms. The number of benzene rings is 1. The van der Waals surface area contributed by atoms with Gasteiger partial charge in [0.25, 0.3) is 5.91 Å². The van der Waals surface area contributed by atoms with Crippen molar-refractivity contribution in [2.75, 3.05) is 27.3 Å². The van der Waals surface area contributed by atoms with Gasteiger partial charge in [-0.05, 0) is 43.5 Å². The summed E-state index contributed by atoms with van der Waals surface area (Å²) in [4.78, 5) is 41.0. The van der Waals surface area contributed by atoms with E-state index < -0.39 is 11.9 Å². The minimum absolute atomic E-state index is 0.0797. The van der Waals surface area contributed by atoms with Crippen molar-refractivity contribution in [3.63, 3.8) is 0 Å². The van der Waals surface area contributed by atoms with Gasteiger partial charge in [0.05, 0.1) is 27.0 Å². The minimum Gasteiger partial charge on any atom is -0.497 e. The Balaban J connectivity index is 1.91. The normalized spacial score (nSPS) is 14.3. The Morgan fingerprint density at radius 3 is 2.54 bits per heavy atom. The maximum Gasteiger partial charge on any atom is 0.287 e. The molecule has 3 amide bonds. The highest BCUT2D eigenvalue weighted by Gasteiger charge is 2.35. The first kappa shape index (κ1) is 26.1. The molecule has 0 aliphatic heterocycles. The second-order valence-corrected chi connectivity index (χ2v) is 8.60. The number of carbonyl (C=O) groups is 3. The van der Waals surface area contributed by atoms with Gasteiger partial charge < -0.3 is 29.4 Å². The first-order valence-electron chi connectivity index (χ1n) is 12.1. The van der Waals surface area contributed by atoms with E-state index in [1.54, 1.807) is 31.4 Å². The van der Waals surface area contributed by atoms with E-state index in [4.69, 9.17) is 13.9 Å². The fourth-order valence-electron chi connectivity index (χ4n) is 4.32. The van der Waals surface area contributed by atoms with Gasteiger partial charge in [-0.25, -0.2) is 0 Å². The average Bonchev–Trinajstić information content (AvgIpc) is 3.59. The molecule has 9 heteroatoms. The van der Waals surface area contributed by atoms with Crippen LogP contribution in [0.15, 0.2) is 41.0 Å². The molecule has 0 radical (unpaired) electrons. The molecule has 2 aromatic rings. The SMILES string of the molecule is CCCCN(C(=O)CNC(=O)c1ccco1)C(C(=O)NC1CCCC1)c1ccc(OC)cc1OC. The Bertz CT molecular complexity index is 985. The summed E-state index contributed by atoms with van der Waals surface area (Å²) in [5.41, 5.74) is 0.561. The summed E-state index contributed by atoms with van der Waals surface area (Å²) in [5.74, 6) is 0.0190. The number of rotatable bonds is 12. The molecule has 1 aliphatic carbocycles. The van der Waals surface area contributed by atoms with Crippen molar-refractivity contribution in [3.8, 4) is 11.5 Å². The first-order valence-corrected chi connectivity index (χ1v) is 12.1. The van der Waals surface area contributed by atoms with E-state index in [9.17, 15) is 14.4 Å². The summed E-state index contributed by atoms with van der Waals surface area (Å²) in [7, 11) is 3.07. The van der Waals surface area contributed by atoms with Gasteiger partial charge in [0.15, 0.2) is 5.76 Å². The molecule has 3 rings (SSSR count). The Kier molecular flexibility index (Phi) is 9.57. The summed E-state index contributed by atoms with van der Waals surface area (Å²) in [6.45, 7) is 2.10. The van der Waals surface area contributed by atoms with E-state index >= 15 is 0 Å². The standard InChI is InChI=1S/C26H35N3O6/c1-4-5-14-29(23(30)17-27-25(31)21-11-8-15-35-21)24(26(32)28-18-9-6-7-10-18)20-13-12-19(33-2)16-22(20)34-3/h8,11-13,15-16,18,24H,4-7,9-10,14,17H2,1-3H3,(H,27,31)(H,28,32). The molecule has 9 nitrogen and oxygen atoms in total. The topological polar surface area (TPSA) is 110 Å². The molecule has 0 spiro atoms. The predicted octanol–water partition coefficient (Wildman–Crippen LogP) is 3.46. The molecule has 1 saturated carbocycles. The Hall–Kier alpha value is -3.49. The van der Waals surface area contributed by atoms with E-state index in [1.807, 2.05) is 6.92 Å². The fraction of sp³-hybridized carbons (Fsp3) is 0.500. The van der Waals surface area contributed by atoms with Crippen LogP contribution in [0.5, 0.6) is 11.5 Å². The molecule has 1 fully saturated rings. The zero-order chi connectivity index (χ0) is 25.2. The lowest BCUT2D eigenvalue weighted by molar-refractivity contribution is -0.140. The van der Waals surface area contributed by atoms with Crippen LogP contribution in [-0.4, -0.2) is 56.0 Å². The van der Waals surface area contributed by atoms with E-state index in [0.29, 0.717) is 30.0 Å². The van der Waals surface area contributed by atoms with Crippen molar-refractivity contribution < 1.29 is 28.3 Å². The van der Waals surface area contributed by atoms with Crippen LogP contribution in [-0.2, 0) is 9.59 Å². The second-order valence-electron chi connectivity index (χ2n) is 8.60. The van der Waals surface area contributed by atoms with Crippen molar-refractivity contribution in [1.29, 1.82) is 0 Å². The quantitative estimate of drug-likeness (QED) is 0.477.